The molecule has 1 aromatic heterocycles. The number of rotatable bonds is 10. The first kappa shape index (κ1) is 24.1. The van der Waals surface area contributed by atoms with E-state index in [-0.39, 0.29) is 17.9 Å². The topological polar surface area (TPSA) is 89.2 Å². The number of nitrogens with zero attached hydrogens (tertiary/aromatic N) is 1. The molecule has 4 rings (SSSR count). The molecule has 1 N–H and O–H groups in total. The smallest absolute Gasteiger partial charge is 0.296 e. The molecule has 0 aliphatic carbocycles. The van der Waals surface area contributed by atoms with E-state index in [0.29, 0.717) is 41.6 Å². The fourth-order valence-corrected chi connectivity index (χ4v) is 4.07. The lowest BCUT2D eigenvalue weighted by Gasteiger charge is -2.24. The second-order valence-electron chi connectivity index (χ2n) is 8.23. The molecule has 2 aromatic carbocycles. The first-order valence-corrected chi connectivity index (χ1v) is 11.8. The molecule has 35 heavy (non-hydrogen) atoms. The fourth-order valence-electron chi connectivity index (χ4n) is 4.07. The highest BCUT2D eigenvalue weighted by Crippen LogP contribution is 2.40. The number of amides is 1. The van der Waals surface area contributed by atoms with Crippen molar-refractivity contribution in [1.29, 1.82) is 0 Å². The van der Waals surface area contributed by atoms with Crippen LogP contribution in [-0.4, -0.2) is 34.9 Å². The van der Waals surface area contributed by atoms with Crippen LogP contribution in [0.15, 0.2) is 76.9 Å². The zero-order chi connectivity index (χ0) is 24.8. The Balaban J connectivity index is 1.73. The summed E-state index contributed by atoms with van der Waals surface area (Å²) >= 11 is 0. The largest absolute Gasteiger partial charge is 0.507 e. The van der Waals surface area contributed by atoms with E-state index in [0.717, 1.165) is 12.8 Å². The van der Waals surface area contributed by atoms with Gasteiger partial charge in [0.15, 0.2) is 0 Å². The average molecular weight is 476 g/mol. The van der Waals surface area contributed by atoms with Crippen molar-refractivity contribution >= 4 is 17.4 Å². The van der Waals surface area contributed by atoms with Crippen molar-refractivity contribution in [2.45, 2.75) is 39.3 Å². The van der Waals surface area contributed by atoms with Crippen molar-refractivity contribution < 1.29 is 28.6 Å². The van der Waals surface area contributed by atoms with Gasteiger partial charge in [0.1, 0.15) is 23.0 Å². The molecule has 1 aliphatic rings. The summed E-state index contributed by atoms with van der Waals surface area (Å²) in [7, 11) is 0. The lowest BCUT2D eigenvalue weighted by molar-refractivity contribution is -0.140. The van der Waals surface area contributed by atoms with E-state index >= 15 is 0 Å². The third-order valence-electron chi connectivity index (χ3n) is 5.85. The van der Waals surface area contributed by atoms with Crippen LogP contribution in [0.25, 0.3) is 5.76 Å². The monoisotopic (exact) mass is 475 g/mol. The standard InChI is InChI=1S/C28H29NO6/c1-3-5-16-34-22-12-8-19(9-13-22)25-24(26(30)20-10-14-21(15-11-20)33-4-2)27(31)28(32)29(25)18-23-7-6-17-35-23/h6-15,17,25,30H,3-5,16,18H2,1-2H3. The number of benzene rings is 2. The lowest BCUT2D eigenvalue weighted by atomic mass is 9.95. The predicted molar refractivity (Wildman–Crippen MR) is 131 cm³/mol. The minimum absolute atomic E-state index is 0.0327. The third-order valence-corrected chi connectivity index (χ3v) is 5.85. The quantitative estimate of drug-likeness (QED) is 0.181. The van der Waals surface area contributed by atoms with Crippen LogP contribution < -0.4 is 9.47 Å². The van der Waals surface area contributed by atoms with Gasteiger partial charge in [-0.2, -0.15) is 0 Å². The van der Waals surface area contributed by atoms with Crippen molar-refractivity contribution in [3.05, 3.63) is 89.4 Å². The highest BCUT2D eigenvalue weighted by Gasteiger charge is 2.46. The summed E-state index contributed by atoms with van der Waals surface area (Å²) in [5.41, 5.74) is 1.14. The van der Waals surface area contributed by atoms with Crippen LogP contribution in [0.5, 0.6) is 11.5 Å². The number of unbranched alkanes of at least 4 members (excludes halogenated alkanes) is 1. The summed E-state index contributed by atoms with van der Waals surface area (Å²) in [6.07, 6.45) is 3.50. The van der Waals surface area contributed by atoms with E-state index < -0.39 is 17.7 Å². The summed E-state index contributed by atoms with van der Waals surface area (Å²) in [5.74, 6) is 0.228. The summed E-state index contributed by atoms with van der Waals surface area (Å²) in [5, 5.41) is 11.2. The Morgan fingerprint density at radius 1 is 0.971 bits per heavy atom. The number of aliphatic hydroxyl groups is 1. The molecule has 1 aliphatic heterocycles. The van der Waals surface area contributed by atoms with Gasteiger partial charge in [-0.15, -0.1) is 0 Å². The van der Waals surface area contributed by atoms with Gasteiger partial charge in [-0.1, -0.05) is 25.5 Å². The summed E-state index contributed by atoms with van der Waals surface area (Å²) in [6.45, 7) is 5.20. The van der Waals surface area contributed by atoms with Gasteiger partial charge in [-0.3, -0.25) is 9.59 Å². The minimum Gasteiger partial charge on any atom is -0.507 e. The van der Waals surface area contributed by atoms with Crippen LogP contribution in [0.3, 0.4) is 0 Å². The Kier molecular flexibility index (Phi) is 7.55. The number of likely N-dealkylation sites (tertiary alicyclic amines) is 1. The van der Waals surface area contributed by atoms with Gasteiger partial charge in [-0.25, -0.2) is 0 Å². The molecular weight excluding hydrogens is 446 g/mol. The second-order valence-corrected chi connectivity index (χ2v) is 8.23. The number of Topliss-reactive ketones (excluding diaryl/α,β-unsaturated/α-hetero) is 1. The molecule has 1 amide bonds. The van der Waals surface area contributed by atoms with Crippen molar-refractivity contribution in [3.8, 4) is 11.5 Å². The van der Waals surface area contributed by atoms with Crippen LogP contribution in [0.1, 0.15) is 49.6 Å². The zero-order valence-electron chi connectivity index (χ0n) is 19.9. The minimum atomic E-state index is -0.781. The lowest BCUT2D eigenvalue weighted by Crippen LogP contribution is -2.29. The third kappa shape index (κ3) is 5.24. The molecular formula is C28H29NO6. The van der Waals surface area contributed by atoms with Crippen molar-refractivity contribution in [3.63, 3.8) is 0 Å². The second kappa shape index (κ2) is 11.0. The molecule has 3 aromatic rings. The maximum Gasteiger partial charge on any atom is 0.296 e. The maximum absolute atomic E-state index is 13.2. The first-order valence-electron chi connectivity index (χ1n) is 11.8. The molecule has 7 nitrogen and oxygen atoms in total. The Morgan fingerprint density at radius 2 is 1.66 bits per heavy atom. The number of furan rings is 1. The van der Waals surface area contributed by atoms with E-state index in [1.165, 1.54) is 11.2 Å². The van der Waals surface area contributed by atoms with E-state index in [2.05, 4.69) is 6.92 Å². The van der Waals surface area contributed by atoms with Crippen LogP contribution >= 0.6 is 0 Å². The molecule has 0 radical (unpaired) electrons. The molecule has 7 heteroatoms. The van der Waals surface area contributed by atoms with E-state index in [9.17, 15) is 14.7 Å². The predicted octanol–water partition coefficient (Wildman–Crippen LogP) is 5.48. The molecule has 0 bridgehead atoms. The van der Waals surface area contributed by atoms with Crippen molar-refractivity contribution in [2.24, 2.45) is 0 Å². The van der Waals surface area contributed by atoms with Crippen LogP contribution in [-0.2, 0) is 16.1 Å². The highest BCUT2D eigenvalue weighted by atomic mass is 16.5. The SMILES string of the molecule is CCCCOc1ccc(C2C(=C(O)c3ccc(OCC)cc3)C(=O)C(=O)N2Cc2ccco2)cc1. The highest BCUT2D eigenvalue weighted by molar-refractivity contribution is 6.46. The summed E-state index contributed by atoms with van der Waals surface area (Å²) < 4.78 is 16.7. The van der Waals surface area contributed by atoms with Crippen molar-refractivity contribution in [2.75, 3.05) is 13.2 Å². The van der Waals surface area contributed by atoms with Crippen LogP contribution in [0.2, 0.25) is 0 Å². The molecule has 1 saturated heterocycles. The van der Waals surface area contributed by atoms with Gasteiger partial charge in [0.25, 0.3) is 11.7 Å². The number of ether oxygens (including phenoxy) is 2. The maximum atomic E-state index is 13.2. The number of carbonyl (C=O) groups is 2. The molecule has 1 atom stereocenters. The molecule has 1 fully saturated rings. The number of ketones is 1. The van der Waals surface area contributed by atoms with E-state index in [1.54, 1.807) is 36.4 Å². The number of hydrogen-bond acceptors (Lipinski definition) is 6. The summed E-state index contributed by atoms with van der Waals surface area (Å²) in [6, 6.07) is 16.7. The van der Waals surface area contributed by atoms with Crippen molar-refractivity contribution in [1.82, 2.24) is 4.90 Å². The number of carbonyl (C=O) groups excluding carboxylic acids is 2. The zero-order valence-corrected chi connectivity index (χ0v) is 19.9. The molecule has 0 saturated carbocycles. The normalized spacial score (nSPS) is 17.1. The molecule has 182 valence electrons. The Morgan fingerprint density at radius 3 is 2.29 bits per heavy atom. The van der Waals surface area contributed by atoms with Gasteiger partial charge in [0.2, 0.25) is 0 Å². The Bertz CT molecular complexity index is 1180. The van der Waals surface area contributed by atoms with Crippen LogP contribution in [0.4, 0.5) is 0 Å². The van der Waals surface area contributed by atoms with Gasteiger partial charge < -0.3 is 23.9 Å². The van der Waals surface area contributed by atoms with E-state index in [1.807, 2.05) is 31.2 Å². The van der Waals surface area contributed by atoms with Gasteiger partial charge in [0.05, 0.1) is 37.6 Å². The van der Waals surface area contributed by atoms with Gasteiger partial charge in [0, 0.05) is 5.56 Å². The Labute approximate surface area is 204 Å². The molecule has 0 spiro atoms. The Hall–Kier alpha value is -4.00. The molecule has 1 unspecified atom stereocenters. The number of hydrogen-bond donors (Lipinski definition) is 1. The number of aliphatic hydroxyl groups excluding tert-OH is 1. The van der Waals surface area contributed by atoms with Crippen LogP contribution in [0, 0.1) is 0 Å². The molecule has 2 heterocycles. The fraction of sp³-hybridized carbons (Fsp3) is 0.286. The van der Waals surface area contributed by atoms with E-state index in [4.69, 9.17) is 13.9 Å². The van der Waals surface area contributed by atoms with Gasteiger partial charge >= 0.3 is 0 Å². The summed E-state index contributed by atoms with van der Waals surface area (Å²) in [4.78, 5) is 27.7. The van der Waals surface area contributed by atoms with Gasteiger partial charge in [-0.05, 0) is 67.4 Å². The first-order chi connectivity index (χ1) is 17.0. The average Bonchev–Trinajstić information content (AvgIpc) is 3.47.